The number of nitrogens with zero attached hydrogens (tertiary/aromatic N) is 4. The highest BCUT2D eigenvalue weighted by atomic mass is 16.2. The number of hydrogen-bond acceptors (Lipinski definition) is 4. The van der Waals surface area contributed by atoms with Crippen molar-refractivity contribution in [2.75, 3.05) is 7.05 Å². The first-order valence-corrected chi connectivity index (χ1v) is 8.08. The molecule has 2 aromatic rings. The number of pyridine rings is 1. The molecule has 1 aromatic carbocycles. The summed E-state index contributed by atoms with van der Waals surface area (Å²) in [5.41, 5.74) is 1.59. The molecule has 0 aliphatic carbocycles. The molecule has 24 heavy (non-hydrogen) atoms. The van der Waals surface area contributed by atoms with Crippen LogP contribution in [0.25, 0.3) is 10.9 Å². The quantitative estimate of drug-likeness (QED) is 0.733. The zero-order chi connectivity index (χ0) is 17.0. The lowest BCUT2D eigenvalue weighted by molar-refractivity contribution is -0.130. The van der Waals surface area contributed by atoms with E-state index in [0.717, 1.165) is 22.9 Å². The molecule has 1 aromatic heterocycles. The predicted octanol–water partition coefficient (Wildman–Crippen LogP) is 3.55. The number of carbonyl (C=O) groups is 1. The molecule has 0 fully saturated rings. The van der Waals surface area contributed by atoms with Gasteiger partial charge >= 0.3 is 0 Å². The average molecular weight is 320 g/mol. The average Bonchev–Trinajstić information content (AvgIpc) is 3.38. The van der Waals surface area contributed by atoms with E-state index in [1.165, 1.54) is 0 Å². The largest absolute Gasteiger partial charge is 0.341 e. The van der Waals surface area contributed by atoms with Gasteiger partial charge in [0.1, 0.15) is 0 Å². The van der Waals surface area contributed by atoms with Crippen molar-refractivity contribution in [1.82, 2.24) is 9.88 Å². The lowest BCUT2D eigenvalue weighted by Gasteiger charge is -2.19. The van der Waals surface area contributed by atoms with Crippen LogP contribution >= 0.6 is 0 Å². The number of fused-ring (bicyclic) bond motifs is 1. The van der Waals surface area contributed by atoms with Crippen LogP contribution in [0.15, 0.2) is 46.8 Å². The van der Waals surface area contributed by atoms with Gasteiger partial charge in [-0.1, -0.05) is 24.3 Å². The second kappa shape index (κ2) is 6.79. The number of aromatic nitrogens is 1. The summed E-state index contributed by atoms with van der Waals surface area (Å²) in [5.74, 6) is 2.69. The van der Waals surface area contributed by atoms with Crippen LogP contribution in [0.5, 0.6) is 0 Å². The van der Waals surface area contributed by atoms with Gasteiger partial charge in [0.2, 0.25) is 5.91 Å². The first-order valence-electron chi connectivity index (χ1n) is 8.08. The number of carbonyl (C=O) groups excluding carboxylic acids is 1. The summed E-state index contributed by atoms with van der Waals surface area (Å²) in [5, 5.41) is 9.24. The highest BCUT2D eigenvalue weighted by molar-refractivity contribution is 5.82. The minimum absolute atomic E-state index is 0.0836. The zero-order valence-electron chi connectivity index (χ0n) is 13.8. The summed E-state index contributed by atoms with van der Waals surface area (Å²) in [4.78, 5) is 18.6. The molecule has 0 bridgehead atoms. The van der Waals surface area contributed by atoms with Crippen molar-refractivity contribution in [1.29, 1.82) is 0 Å². The van der Waals surface area contributed by atoms with E-state index in [-0.39, 0.29) is 5.91 Å². The smallest absolute Gasteiger partial charge is 0.222 e. The van der Waals surface area contributed by atoms with Gasteiger partial charge in [-0.25, -0.2) is 0 Å². The lowest BCUT2D eigenvalue weighted by atomic mass is 10.0. The normalized spacial score (nSPS) is 14.3. The van der Waals surface area contributed by atoms with Crippen LogP contribution in [0, 0.1) is 12.3 Å². The molecule has 122 valence electrons. The molecule has 3 rings (SSSR count). The molecular weight excluding hydrogens is 300 g/mol. The molecule has 5 heteroatoms. The number of para-hydroxylation sites is 1. The number of rotatable bonds is 7. The highest BCUT2D eigenvalue weighted by Crippen LogP contribution is 2.37. The van der Waals surface area contributed by atoms with Gasteiger partial charge in [0.25, 0.3) is 0 Å². The summed E-state index contributed by atoms with van der Waals surface area (Å²) in [6, 6.07) is 9.98. The third-order valence-electron chi connectivity index (χ3n) is 4.34. The van der Waals surface area contributed by atoms with E-state index in [2.05, 4.69) is 21.1 Å². The Kier molecular flexibility index (Phi) is 4.57. The van der Waals surface area contributed by atoms with Gasteiger partial charge in [-0.3, -0.25) is 9.78 Å². The summed E-state index contributed by atoms with van der Waals surface area (Å²) < 4.78 is 0. The number of hydrogen-bond donors (Lipinski definition) is 0. The zero-order valence-corrected chi connectivity index (χ0v) is 13.8. The van der Waals surface area contributed by atoms with Crippen LogP contribution in [0.4, 0.5) is 0 Å². The third-order valence-corrected chi connectivity index (χ3v) is 4.34. The van der Waals surface area contributed by atoms with Gasteiger partial charge in [-0.15, -0.1) is 12.3 Å². The summed E-state index contributed by atoms with van der Waals surface area (Å²) in [6.07, 6.45) is 9.48. The topological polar surface area (TPSA) is 57.9 Å². The van der Waals surface area contributed by atoms with Crippen molar-refractivity contribution in [2.45, 2.75) is 37.9 Å². The number of terminal acetylenes is 1. The van der Waals surface area contributed by atoms with Gasteiger partial charge in [0.05, 0.1) is 5.52 Å². The van der Waals surface area contributed by atoms with Crippen molar-refractivity contribution < 1.29 is 4.79 Å². The standard InChI is InChI=1S/C19H20N4O/c1-3-4-11-19(21-22-19)12-10-17(24)23(2)14-16-8-5-7-15-9-6-13-20-18(15)16/h1,5-9,13H,4,10-12,14H2,2H3. The SMILES string of the molecule is C#CCCC1(CCC(=O)N(C)Cc2cccc3cccnc23)N=N1. The van der Waals surface area contributed by atoms with Crippen LogP contribution < -0.4 is 0 Å². The van der Waals surface area contributed by atoms with Gasteiger partial charge in [-0.05, 0) is 11.6 Å². The van der Waals surface area contributed by atoms with E-state index in [1.54, 1.807) is 11.1 Å². The maximum absolute atomic E-state index is 12.4. The van der Waals surface area contributed by atoms with E-state index in [9.17, 15) is 4.79 Å². The molecule has 0 atom stereocenters. The fourth-order valence-electron chi connectivity index (χ4n) is 2.80. The molecule has 5 nitrogen and oxygen atoms in total. The van der Waals surface area contributed by atoms with Gasteiger partial charge < -0.3 is 4.90 Å². The Hall–Kier alpha value is -2.74. The van der Waals surface area contributed by atoms with Crippen molar-refractivity contribution in [3.63, 3.8) is 0 Å². The van der Waals surface area contributed by atoms with Crippen LogP contribution in [-0.2, 0) is 11.3 Å². The first-order chi connectivity index (χ1) is 11.6. The third kappa shape index (κ3) is 3.60. The maximum Gasteiger partial charge on any atom is 0.222 e. The van der Waals surface area contributed by atoms with Crippen molar-refractivity contribution in [2.24, 2.45) is 10.2 Å². The Balaban J connectivity index is 1.59. The predicted molar refractivity (Wildman–Crippen MR) is 93.1 cm³/mol. The molecule has 2 heterocycles. The Morgan fingerprint density at radius 1 is 1.25 bits per heavy atom. The van der Waals surface area contributed by atoms with E-state index < -0.39 is 5.66 Å². The van der Waals surface area contributed by atoms with Crippen molar-refractivity contribution in [3.05, 3.63) is 42.1 Å². The van der Waals surface area contributed by atoms with Crippen LogP contribution in [0.3, 0.4) is 0 Å². The van der Waals surface area contributed by atoms with Crippen LogP contribution in [-0.4, -0.2) is 28.5 Å². The fraction of sp³-hybridized carbons (Fsp3) is 0.368. The molecule has 1 amide bonds. The van der Waals surface area contributed by atoms with Crippen molar-refractivity contribution >= 4 is 16.8 Å². The van der Waals surface area contributed by atoms with E-state index >= 15 is 0 Å². The van der Waals surface area contributed by atoms with E-state index in [4.69, 9.17) is 6.42 Å². The maximum atomic E-state index is 12.4. The number of benzene rings is 1. The Labute approximate surface area is 141 Å². The molecule has 0 N–H and O–H groups in total. The molecule has 1 aliphatic rings. The fourth-order valence-corrected chi connectivity index (χ4v) is 2.80. The molecular formula is C19H20N4O. The lowest BCUT2D eigenvalue weighted by Crippen LogP contribution is -2.27. The van der Waals surface area contributed by atoms with Crippen molar-refractivity contribution in [3.8, 4) is 12.3 Å². The molecule has 0 saturated heterocycles. The molecule has 0 unspecified atom stereocenters. The molecule has 0 radical (unpaired) electrons. The number of amides is 1. The monoisotopic (exact) mass is 320 g/mol. The Bertz CT molecular complexity index is 810. The van der Waals surface area contributed by atoms with E-state index in [0.29, 0.717) is 25.8 Å². The van der Waals surface area contributed by atoms with Gasteiger partial charge in [0.15, 0.2) is 5.66 Å². The Morgan fingerprint density at radius 2 is 2.04 bits per heavy atom. The van der Waals surface area contributed by atoms with Gasteiger partial charge in [-0.2, -0.15) is 10.2 Å². The second-order valence-electron chi connectivity index (χ2n) is 6.13. The Morgan fingerprint density at radius 3 is 2.79 bits per heavy atom. The summed E-state index contributed by atoms with van der Waals surface area (Å²) >= 11 is 0. The summed E-state index contributed by atoms with van der Waals surface area (Å²) in [6.45, 7) is 0.541. The highest BCUT2D eigenvalue weighted by Gasteiger charge is 2.39. The molecule has 0 saturated carbocycles. The van der Waals surface area contributed by atoms with Crippen LogP contribution in [0.2, 0.25) is 0 Å². The van der Waals surface area contributed by atoms with E-state index in [1.807, 2.05) is 37.4 Å². The van der Waals surface area contributed by atoms with Gasteiger partial charge in [0, 0.05) is 50.9 Å². The first kappa shape index (κ1) is 16.1. The van der Waals surface area contributed by atoms with Crippen LogP contribution in [0.1, 0.15) is 31.2 Å². The second-order valence-corrected chi connectivity index (χ2v) is 6.13. The summed E-state index contributed by atoms with van der Waals surface area (Å²) in [7, 11) is 1.82. The molecule has 0 spiro atoms. The molecule has 1 aliphatic heterocycles. The minimum atomic E-state index is -0.399. The minimum Gasteiger partial charge on any atom is -0.341 e.